The Balaban J connectivity index is 0.000000438. The molecular formula is C21H23NO7. The van der Waals surface area contributed by atoms with E-state index in [4.69, 9.17) is 29.3 Å². The van der Waals surface area contributed by atoms with Gasteiger partial charge in [0.1, 0.15) is 13.2 Å². The highest BCUT2D eigenvalue weighted by Crippen LogP contribution is 2.30. The number of fused-ring (bicyclic) bond motifs is 1. The predicted molar refractivity (Wildman–Crippen MR) is 105 cm³/mol. The lowest BCUT2D eigenvalue weighted by Gasteiger charge is -2.18. The van der Waals surface area contributed by atoms with Gasteiger partial charge < -0.3 is 25.0 Å². The summed E-state index contributed by atoms with van der Waals surface area (Å²) in [4.78, 5) is 30.4. The highest BCUT2D eigenvalue weighted by Gasteiger charge is 2.14. The van der Waals surface area contributed by atoms with Crippen molar-refractivity contribution in [1.82, 2.24) is 5.32 Å². The van der Waals surface area contributed by atoms with Crippen LogP contribution in [0.15, 0.2) is 48.5 Å². The summed E-state index contributed by atoms with van der Waals surface area (Å²) in [6.45, 7) is 2.65. The van der Waals surface area contributed by atoms with E-state index >= 15 is 0 Å². The second-order valence-electron chi connectivity index (χ2n) is 6.13. The zero-order chi connectivity index (χ0) is 21.1. The number of hydrogen-bond acceptors (Lipinski definition) is 6. The minimum absolute atomic E-state index is 0.120. The number of hydrogen-bond donors (Lipinski definition) is 3. The van der Waals surface area contributed by atoms with Crippen molar-refractivity contribution in [3.05, 3.63) is 59.7 Å². The van der Waals surface area contributed by atoms with Crippen molar-refractivity contribution < 1.29 is 34.1 Å². The summed E-state index contributed by atoms with van der Waals surface area (Å²) < 4.78 is 11.0. The maximum absolute atomic E-state index is 12.2. The summed E-state index contributed by atoms with van der Waals surface area (Å²) in [5.41, 5.74) is 1.98. The Morgan fingerprint density at radius 2 is 1.52 bits per heavy atom. The molecule has 1 aliphatic rings. The van der Waals surface area contributed by atoms with E-state index in [1.807, 2.05) is 24.3 Å². The first-order valence-corrected chi connectivity index (χ1v) is 9.11. The van der Waals surface area contributed by atoms with E-state index in [1.165, 1.54) is 5.56 Å². The summed E-state index contributed by atoms with van der Waals surface area (Å²) in [5.74, 6) is -2.15. The number of carboxylic acids is 2. The summed E-state index contributed by atoms with van der Waals surface area (Å²) in [5, 5.41) is 18.1. The van der Waals surface area contributed by atoms with Gasteiger partial charge >= 0.3 is 11.9 Å². The number of carbonyl (C=O) groups is 3. The smallest absolute Gasteiger partial charge is 0.414 e. The largest absolute Gasteiger partial charge is 0.486 e. The van der Waals surface area contributed by atoms with Crippen LogP contribution >= 0.6 is 0 Å². The van der Waals surface area contributed by atoms with Gasteiger partial charge in [-0.25, -0.2) is 9.59 Å². The van der Waals surface area contributed by atoms with E-state index < -0.39 is 11.9 Å². The van der Waals surface area contributed by atoms with Gasteiger partial charge in [0.2, 0.25) is 0 Å². The molecule has 29 heavy (non-hydrogen) atoms. The van der Waals surface area contributed by atoms with Crippen molar-refractivity contribution >= 4 is 17.7 Å². The van der Waals surface area contributed by atoms with Crippen LogP contribution in [0.4, 0.5) is 0 Å². The zero-order valence-corrected chi connectivity index (χ0v) is 15.8. The third-order valence-corrected chi connectivity index (χ3v) is 4.01. The number of aliphatic carboxylic acids is 2. The van der Waals surface area contributed by atoms with Gasteiger partial charge in [0.25, 0.3) is 0 Å². The number of nitrogens with one attached hydrogen (secondary N) is 1. The summed E-state index contributed by atoms with van der Waals surface area (Å²) >= 11 is 0. The van der Waals surface area contributed by atoms with Crippen molar-refractivity contribution in [2.45, 2.75) is 12.8 Å². The molecule has 0 aromatic heterocycles. The monoisotopic (exact) mass is 401 g/mol. The van der Waals surface area contributed by atoms with Crippen LogP contribution in [0.1, 0.15) is 22.3 Å². The molecule has 2 aromatic carbocycles. The Hall–Kier alpha value is -3.39. The van der Waals surface area contributed by atoms with Gasteiger partial charge in [-0.3, -0.25) is 4.79 Å². The number of rotatable bonds is 7. The molecule has 0 radical (unpaired) electrons. The Bertz CT molecular complexity index is 824. The second-order valence-corrected chi connectivity index (χ2v) is 6.13. The molecule has 0 atom stereocenters. The number of carbonyl (C=O) groups excluding carboxylic acids is 1. The quantitative estimate of drug-likeness (QED) is 0.366. The number of carboxylic acid groups (broad SMARTS) is 2. The lowest BCUT2D eigenvalue weighted by atomic mass is 10.1. The first-order chi connectivity index (χ1) is 14.0. The van der Waals surface area contributed by atoms with Crippen LogP contribution in [0.25, 0.3) is 0 Å². The van der Waals surface area contributed by atoms with Gasteiger partial charge in [-0.05, 0) is 36.7 Å². The predicted octanol–water partition coefficient (Wildman–Crippen LogP) is 2.02. The fourth-order valence-electron chi connectivity index (χ4n) is 2.57. The average molecular weight is 401 g/mol. The van der Waals surface area contributed by atoms with Crippen molar-refractivity contribution in [2.75, 3.05) is 26.3 Å². The van der Waals surface area contributed by atoms with E-state index in [1.54, 1.807) is 12.1 Å². The summed E-state index contributed by atoms with van der Waals surface area (Å²) in [6, 6.07) is 15.7. The van der Waals surface area contributed by atoms with Crippen LogP contribution in [0.2, 0.25) is 0 Å². The Morgan fingerprint density at radius 3 is 2.17 bits per heavy atom. The highest BCUT2D eigenvalue weighted by molar-refractivity contribution is 6.27. The topological polar surface area (TPSA) is 122 Å². The fraction of sp³-hybridized carbons (Fsp3) is 0.286. The van der Waals surface area contributed by atoms with E-state index in [2.05, 4.69) is 17.4 Å². The van der Waals surface area contributed by atoms with Crippen molar-refractivity contribution in [2.24, 2.45) is 0 Å². The van der Waals surface area contributed by atoms with Gasteiger partial charge in [0.05, 0.1) is 0 Å². The zero-order valence-electron chi connectivity index (χ0n) is 15.8. The van der Waals surface area contributed by atoms with Gasteiger partial charge in [0.15, 0.2) is 17.3 Å². The van der Waals surface area contributed by atoms with Crippen LogP contribution in [0.3, 0.4) is 0 Å². The number of ether oxygens (including phenoxy) is 2. The van der Waals surface area contributed by atoms with Crippen LogP contribution in [0, 0.1) is 0 Å². The van der Waals surface area contributed by atoms with Crippen molar-refractivity contribution in [3.63, 3.8) is 0 Å². The molecule has 0 spiro atoms. The average Bonchev–Trinajstić information content (AvgIpc) is 2.74. The molecule has 0 bridgehead atoms. The van der Waals surface area contributed by atoms with Gasteiger partial charge in [-0.2, -0.15) is 0 Å². The van der Waals surface area contributed by atoms with Gasteiger partial charge in [0, 0.05) is 18.5 Å². The lowest BCUT2D eigenvalue weighted by molar-refractivity contribution is -0.159. The van der Waals surface area contributed by atoms with Crippen LogP contribution in [0.5, 0.6) is 11.5 Å². The van der Waals surface area contributed by atoms with Crippen LogP contribution in [-0.2, 0) is 16.0 Å². The van der Waals surface area contributed by atoms with Gasteiger partial charge in [-0.15, -0.1) is 0 Å². The molecule has 1 heterocycles. The van der Waals surface area contributed by atoms with Crippen molar-refractivity contribution in [3.8, 4) is 11.5 Å². The standard InChI is InChI=1S/C19H21NO3.C2H2O4/c21-17(9-11-20-10-8-15-4-2-1-3-5-15)16-6-7-18-19(14-16)23-13-12-22-18;3-1(4)2(5)6/h1-7,14,20H,8-13H2;(H,3,4)(H,5,6). The minimum atomic E-state index is -1.82. The highest BCUT2D eigenvalue weighted by atomic mass is 16.6. The molecule has 0 unspecified atom stereocenters. The molecule has 3 N–H and O–H groups in total. The molecule has 3 rings (SSSR count). The van der Waals surface area contributed by atoms with Gasteiger partial charge in [-0.1, -0.05) is 30.3 Å². The molecule has 0 saturated heterocycles. The summed E-state index contributed by atoms with van der Waals surface area (Å²) in [6.07, 6.45) is 1.45. The third-order valence-electron chi connectivity index (χ3n) is 4.01. The second kappa shape index (κ2) is 11.5. The molecule has 1 aliphatic heterocycles. The number of benzene rings is 2. The Labute approximate surface area is 168 Å². The molecule has 0 fully saturated rings. The fourth-order valence-corrected chi connectivity index (χ4v) is 2.57. The van der Waals surface area contributed by atoms with Crippen LogP contribution in [-0.4, -0.2) is 54.2 Å². The van der Waals surface area contributed by atoms with Crippen molar-refractivity contribution in [1.29, 1.82) is 0 Å². The molecule has 2 aromatic rings. The molecule has 0 amide bonds. The number of Topliss-reactive ketones (excluding diaryl/α,β-unsaturated/α-hetero) is 1. The first-order valence-electron chi connectivity index (χ1n) is 9.11. The van der Waals surface area contributed by atoms with Crippen LogP contribution < -0.4 is 14.8 Å². The van der Waals surface area contributed by atoms with E-state index in [9.17, 15) is 4.79 Å². The summed E-state index contributed by atoms with van der Waals surface area (Å²) in [7, 11) is 0. The maximum atomic E-state index is 12.2. The normalized spacial score (nSPS) is 11.7. The molecule has 0 aliphatic carbocycles. The SMILES string of the molecule is O=C(CCNCCc1ccccc1)c1ccc2c(c1)OCCO2.O=C(O)C(=O)O. The maximum Gasteiger partial charge on any atom is 0.414 e. The molecule has 8 nitrogen and oxygen atoms in total. The minimum Gasteiger partial charge on any atom is -0.486 e. The first kappa shape index (κ1) is 21.9. The van der Waals surface area contributed by atoms with E-state index in [0.29, 0.717) is 43.2 Å². The molecular weight excluding hydrogens is 378 g/mol. The Morgan fingerprint density at radius 1 is 0.862 bits per heavy atom. The Kier molecular flexibility index (Phi) is 8.65. The molecule has 154 valence electrons. The third kappa shape index (κ3) is 7.63. The van der Waals surface area contributed by atoms with E-state index in [0.717, 1.165) is 13.0 Å². The van der Waals surface area contributed by atoms with E-state index in [-0.39, 0.29) is 5.78 Å². The number of ketones is 1. The lowest BCUT2D eigenvalue weighted by Crippen LogP contribution is -2.21. The molecule has 0 saturated carbocycles. The molecule has 8 heteroatoms.